The number of hydrogen-bond acceptors (Lipinski definition) is 2. The van der Waals surface area contributed by atoms with Crippen LogP contribution in [-0.4, -0.2) is 17.9 Å². The van der Waals surface area contributed by atoms with Gasteiger partial charge in [0.15, 0.2) is 0 Å². The zero-order chi connectivity index (χ0) is 10.4. The summed E-state index contributed by atoms with van der Waals surface area (Å²) in [5.74, 6) is 0.0535. The first-order chi connectivity index (χ1) is 6.76. The highest BCUT2D eigenvalue weighted by molar-refractivity contribution is 5.75. The Kier molecular flexibility index (Phi) is 3.85. The molecule has 0 aliphatic rings. The molecule has 1 aromatic rings. The first-order valence-electron chi connectivity index (χ1n) is 4.54. The maximum Gasteiger partial charge on any atom is 0.220 e. The SMILES string of the molecule is C=Cc1ccc(CCC(=O)NC)cn1. The number of amides is 1. The third kappa shape index (κ3) is 3.01. The van der Waals surface area contributed by atoms with Gasteiger partial charge in [-0.25, -0.2) is 0 Å². The van der Waals surface area contributed by atoms with Crippen LogP contribution in [0.2, 0.25) is 0 Å². The van der Waals surface area contributed by atoms with Crippen LogP contribution >= 0.6 is 0 Å². The topological polar surface area (TPSA) is 42.0 Å². The summed E-state index contributed by atoms with van der Waals surface area (Å²) in [6.45, 7) is 3.62. The molecular weight excluding hydrogens is 176 g/mol. The molecule has 0 aliphatic heterocycles. The van der Waals surface area contributed by atoms with Crippen LogP contribution in [0.25, 0.3) is 6.08 Å². The number of hydrogen-bond donors (Lipinski definition) is 1. The number of rotatable bonds is 4. The predicted octanol–water partition coefficient (Wildman–Crippen LogP) is 1.40. The van der Waals surface area contributed by atoms with Gasteiger partial charge in [0.2, 0.25) is 5.91 Å². The Morgan fingerprint density at radius 1 is 1.64 bits per heavy atom. The second-order valence-electron chi connectivity index (χ2n) is 2.97. The second kappa shape index (κ2) is 5.17. The third-order valence-corrected chi connectivity index (χ3v) is 1.98. The predicted molar refractivity (Wildman–Crippen MR) is 56.7 cm³/mol. The van der Waals surface area contributed by atoms with E-state index in [1.807, 2.05) is 12.1 Å². The number of nitrogens with zero attached hydrogens (tertiary/aromatic N) is 1. The van der Waals surface area contributed by atoms with Crippen LogP contribution in [0.1, 0.15) is 17.7 Å². The van der Waals surface area contributed by atoms with E-state index in [0.29, 0.717) is 6.42 Å². The fourth-order valence-electron chi connectivity index (χ4n) is 1.09. The number of nitrogens with one attached hydrogen (secondary N) is 1. The zero-order valence-electron chi connectivity index (χ0n) is 8.29. The number of pyridine rings is 1. The summed E-state index contributed by atoms with van der Waals surface area (Å²) < 4.78 is 0. The van der Waals surface area contributed by atoms with Gasteiger partial charge < -0.3 is 5.32 Å². The standard InChI is InChI=1S/C11H14N2O/c1-3-10-6-4-9(8-13-10)5-7-11(14)12-2/h3-4,6,8H,1,5,7H2,2H3,(H,12,14). The summed E-state index contributed by atoms with van der Waals surface area (Å²) in [7, 11) is 1.64. The van der Waals surface area contributed by atoms with Crippen LogP contribution in [0, 0.1) is 0 Å². The van der Waals surface area contributed by atoms with E-state index in [0.717, 1.165) is 17.7 Å². The second-order valence-corrected chi connectivity index (χ2v) is 2.97. The molecule has 0 spiro atoms. The normalized spacial score (nSPS) is 9.50. The molecule has 1 N–H and O–H groups in total. The molecule has 74 valence electrons. The van der Waals surface area contributed by atoms with Crippen LogP contribution in [0.15, 0.2) is 24.9 Å². The number of aryl methyl sites for hydroxylation is 1. The largest absolute Gasteiger partial charge is 0.359 e. The van der Waals surface area contributed by atoms with Crippen molar-refractivity contribution in [2.75, 3.05) is 7.05 Å². The van der Waals surface area contributed by atoms with Gasteiger partial charge in [0.25, 0.3) is 0 Å². The Morgan fingerprint density at radius 3 is 2.93 bits per heavy atom. The molecule has 0 fully saturated rings. The third-order valence-electron chi connectivity index (χ3n) is 1.98. The summed E-state index contributed by atoms with van der Waals surface area (Å²) in [4.78, 5) is 15.1. The van der Waals surface area contributed by atoms with Gasteiger partial charge in [-0.2, -0.15) is 0 Å². The Bertz CT molecular complexity index is 317. The lowest BCUT2D eigenvalue weighted by Crippen LogP contribution is -2.17. The van der Waals surface area contributed by atoms with Gasteiger partial charge in [-0.15, -0.1) is 0 Å². The van der Waals surface area contributed by atoms with Gasteiger partial charge in [0, 0.05) is 19.7 Å². The number of aromatic nitrogens is 1. The highest BCUT2D eigenvalue weighted by Crippen LogP contribution is 2.03. The van der Waals surface area contributed by atoms with Crippen molar-refractivity contribution in [3.05, 3.63) is 36.2 Å². The van der Waals surface area contributed by atoms with E-state index in [1.165, 1.54) is 0 Å². The van der Waals surface area contributed by atoms with E-state index in [9.17, 15) is 4.79 Å². The smallest absolute Gasteiger partial charge is 0.220 e. The molecule has 0 unspecified atom stereocenters. The Labute approximate surface area is 83.9 Å². The molecule has 1 amide bonds. The van der Waals surface area contributed by atoms with E-state index in [-0.39, 0.29) is 5.91 Å². The molecule has 0 atom stereocenters. The van der Waals surface area contributed by atoms with Crippen molar-refractivity contribution in [2.24, 2.45) is 0 Å². The fraction of sp³-hybridized carbons (Fsp3) is 0.273. The van der Waals surface area contributed by atoms with E-state index >= 15 is 0 Å². The van der Waals surface area contributed by atoms with E-state index in [2.05, 4.69) is 16.9 Å². The first kappa shape index (κ1) is 10.4. The molecule has 1 aromatic heterocycles. The molecule has 3 heteroatoms. The van der Waals surface area contributed by atoms with Gasteiger partial charge in [0.1, 0.15) is 0 Å². The fourth-order valence-corrected chi connectivity index (χ4v) is 1.09. The molecule has 0 bridgehead atoms. The monoisotopic (exact) mass is 190 g/mol. The summed E-state index contributed by atoms with van der Waals surface area (Å²) >= 11 is 0. The summed E-state index contributed by atoms with van der Waals surface area (Å²) in [6.07, 6.45) is 4.71. The van der Waals surface area contributed by atoms with Gasteiger partial charge in [-0.1, -0.05) is 12.6 Å². The molecule has 0 radical (unpaired) electrons. The van der Waals surface area contributed by atoms with Crippen LogP contribution in [0.3, 0.4) is 0 Å². The number of carbonyl (C=O) groups excluding carboxylic acids is 1. The summed E-state index contributed by atoms with van der Waals surface area (Å²) in [5.41, 5.74) is 1.92. The van der Waals surface area contributed by atoms with Crippen molar-refractivity contribution in [3.8, 4) is 0 Å². The van der Waals surface area contributed by atoms with Gasteiger partial charge >= 0.3 is 0 Å². The van der Waals surface area contributed by atoms with Crippen molar-refractivity contribution >= 4 is 12.0 Å². The van der Waals surface area contributed by atoms with Crippen LogP contribution in [-0.2, 0) is 11.2 Å². The van der Waals surface area contributed by atoms with Crippen LogP contribution in [0.5, 0.6) is 0 Å². The highest BCUT2D eigenvalue weighted by atomic mass is 16.1. The van der Waals surface area contributed by atoms with Crippen molar-refractivity contribution in [2.45, 2.75) is 12.8 Å². The number of carbonyl (C=O) groups is 1. The van der Waals surface area contributed by atoms with E-state index in [4.69, 9.17) is 0 Å². The van der Waals surface area contributed by atoms with Crippen molar-refractivity contribution in [3.63, 3.8) is 0 Å². The zero-order valence-corrected chi connectivity index (χ0v) is 8.29. The Morgan fingerprint density at radius 2 is 2.43 bits per heavy atom. The van der Waals surface area contributed by atoms with Gasteiger partial charge in [-0.3, -0.25) is 9.78 Å². The van der Waals surface area contributed by atoms with E-state index < -0.39 is 0 Å². The summed E-state index contributed by atoms with van der Waals surface area (Å²) in [5, 5.41) is 2.58. The molecule has 0 saturated carbocycles. The molecular formula is C11H14N2O. The molecule has 1 heterocycles. The minimum atomic E-state index is 0.0535. The van der Waals surface area contributed by atoms with E-state index in [1.54, 1.807) is 19.3 Å². The van der Waals surface area contributed by atoms with Gasteiger partial charge in [0.05, 0.1) is 5.69 Å². The Balaban J connectivity index is 2.51. The lowest BCUT2D eigenvalue weighted by Gasteiger charge is -2.00. The van der Waals surface area contributed by atoms with Crippen molar-refractivity contribution in [1.29, 1.82) is 0 Å². The average Bonchev–Trinajstić information content (AvgIpc) is 2.26. The first-order valence-corrected chi connectivity index (χ1v) is 4.54. The van der Waals surface area contributed by atoms with Crippen molar-refractivity contribution < 1.29 is 4.79 Å². The van der Waals surface area contributed by atoms with Crippen molar-refractivity contribution in [1.82, 2.24) is 10.3 Å². The maximum absolute atomic E-state index is 11.0. The molecule has 14 heavy (non-hydrogen) atoms. The maximum atomic E-state index is 11.0. The lowest BCUT2D eigenvalue weighted by molar-refractivity contribution is -0.120. The average molecular weight is 190 g/mol. The minimum absolute atomic E-state index is 0.0535. The van der Waals surface area contributed by atoms with Crippen LogP contribution in [0.4, 0.5) is 0 Å². The summed E-state index contributed by atoms with van der Waals surface area (Å²) in [6, 6.07) is 3.86. The molecule has 0 aromatic carbocycles. The minimum Gasteiger partial charge on any atom is -0.359 e. The molecule has 3 nitrogen and oxygen atoms in total. The van der Waals surface area contributed by atoms with Crippen LogP contribution < -0.4 is 5.32 Å². The highest BCUT2D eigenvalue weighted by Gasteiger charge is 1.99. The molecule has 1 rings (SSSR count). The quantitative estimate of drug-likeness (QED) is 0.779. The molecule has 0 aliphatic carbocycles. The van der Waals surface area contributed by atoms with Gasteiger partial charge in [-0.05, 0) is 24.1 Å². The Hall–Kier alpha value is -1.64. The lowest BCUT2D eigenvalue weighted by atomic mass is 10.1. The molecule has 0 saturated heterocycles.